The van der Waals surface area contributed by atoms with E-state index in [9.17, 15) is 13.2 Å². The molecule has 0 saturated heterocycles. The molecule has 1 atom stereocenters. The maximum absolute atomic E-state index is 11.8. The van der Waals surface area contributed by atoms with Crippen LogP contribution in [0.5, 0.6) is 0 Å². The number of hydrogen-bond acceptors (Lipinski definition) is 4. The van der Waals surface area contributed by atoms with Crippen molar-refractivity contribution in [1.82, 2.24) is 0 Å². The third-order valence-electron chi connectivity index (χ3n) is 2.07. The van der Waals surface area contributed by atoms with Crippen molar-refractivity contribution in [1.29, 1.82) is 0 Å². The van der Waals surface area contributed by atoms with Crippen molar-refractivity contribution in [2.75, 3.05) is 7.11 Å². The molecule has 0 aliphatic rings. The molecule has 0 aromatic heterocycles. The van der Waals surface area contributed by atoms with Crippen molar-refractivity contribution < 1.29 is 17.9 Å². The zero-order chi connectivity index (χ0) is 11.5. The molecular formula is C10H12O4S. The Bertz CT molecular complexity index is 436. The monoisotopic (exact) mass is 228 g/mol. The van der Waals surface area contributed by atoms with Crippen molar-refractivity contribution >= 4 is 15.8 Å². The number of sulfone groups is 1. The van der Waals surface area contributed by atoms with E-state index >= 15 is 0 Å². The van der Waals surface area contributed by atoms with Crippen LogP contribution in [0.15, 0.2) is 35.2 Å². The fourth-order valence-electron chi connectivity index (χ4n) is 1.11. The number of benzene rings is 1. The summed E-state index contributed by atoms with van der Waals surface area (Å²) in [5.74, 6) is -0.751. The second kappa shape index (κ2) is 4.44. The van der Waals surface area contributed by atoms with E-state index in [1.807, 2.05) is 0 Å². The maximum Gasteiger partial charge on any atom is 0.324 e. The molecule has 0 amide bonds. The Hall–Kier alpha value is -1.36. The van der Waals surface area contributed by atoms with Gasteiger partial charge in [-0.25, -0.2) is 8.42 Å². The van der Waals surface area contributed by atoms with Gasteiger partial charge in [0, 0.05) is 0 Å². The molecule has 1 aromatic carbocycles. The number of carbonyl (C=O) groups is 1. The Balaban J connectivity index is 3.09. The van der Waals surface area contributed by atoms with Gasteiger partial charge in [0.2, 0.25) is 0 Å². The van der Waals surface area contributed by atoms with Crippen LogP contribution in [0.3, 0.4) is 0 Å². The van der Waals surface area contributed by atoms with E-state index in [4.69, 9.17) is 0 Å². The van der Waals surface area contributed by atoms with Gasteiger partial charge in [-0.05, 0) is 19.1 Å². The molecular weight excluding hydrogens is 216 g/mol. The van der Waals surface area contributed by atoms with Crippen LogP contribution in [0.1, 0.15) is 6.92 Å². The van der Waals surface area contributed by atoms with Crippen molar-refractivity contribution in [3.8, 4) is 0 Å². The lowest BCUT2D eigenvalue weighted by molar-refractivity contribution is -0.139. The first-order valence-electron chi connectivity index (χ1n) is 4.37. The van der Waals surface area contributed by atoms with E-state index < -0.39 is 21.1 Å². The van der Waals surface area contributed by atoms with Crippen molar-refractivity contribution in [3.63, 3.8) is 0 Å². The summed E-state index contributed by atoms with van der Waals surface area (Å²) in [7, 11) is -2.46. The highest BCUT2D eigenvalue weighted by Crippen LogP contribution is 2.15. The average Bonchev–Trinajstić information content (AvgIpc) is 2.28. The summed E-state index contributed by atoms with van der Waals surface area (Å²) in [6.45, 7) is 1.31. The molecule has 5 heteroatoms. The van der Waals surface area contributed by atoms with Crippen LogP contribution in [0.25, 0.3) is 0 Å². The number of methoxy groups -OCH3 is 1. The predicted molar refractivity (Wildman–Crippen MR) is 55.1 cm³/mol. The van der Waals surface area contributed by atoms with Crippen molar-refractivity contribution in [3.05, 3.63) is 30.3 Å². The molecule has 0 unspecified atom stereocenters. The first-order chi connectivity index (χ1) is 7.00. The van der Waals surface area contributed by atoms with Gasteiger partial charge >= 0.3 is 5.97 Å². The fourth-order valence-corrected chi connectivity index (χ4v) is 2.40. The predicted octanol–water partition coefficient (Wildman–Crippen LogP) is 1.02. The van der Waals surface area contributed by atoms with Crippen LogP contribution < -0.4 is 0 Å². The Kier molecular flexibility index (Phi) is 3.47. The van der Waals surface area contributed by atoms with Gasteiger partial charge in [-0.1, -0.05) is 18.2 Å². The van der Waals surface area contributed by atoms with Gasteiger partial charge in [-0.3, -0.25) is 4.79 Å². The maximum atomic E-state index is 11.8. The molecule has 0 aliphatic carbocycles. The van der Waals surface area contributed by atoms with Crippen LogP contribution in [0.4, 0.5) is 0 Å². The SMILES string of the molecule is COC(=O)[C@H](C)S(=O)(=O)c1ccccc1. The van der Waals surface area contributed by atoms with Gasteiger partial charge in [0.25, 0.3) is 0 Å². The van der Waals surface area contributed by atoms with Gasteiger partial charge < -0.3 is 4.74 Å². The van der Waals surface area contributed by atoms with Crippen LogP contribution >= 0.6 is 0 Å². The second-order valence-electron chi connectivity index (χ2n) is 3.02. The van der Waals surface area contributed by atoms with E-state index in [1.165, 1.54) is 26.2 Å². The summed E-state index contributed by atoms with van der Waals surface area (Å²) < 4.78 is 28.1. The molecule has 0 saturated carbocycles. The molecule has 0 fully saturated rings. The molecule has 0 heterocycles. The summed E-state index contributed by atoms with van der Waals surface area (Å²) in [6.07, 6.45) is 0. The van der Waals surface area contributed by atoms with E-state index in [2.05, 4.69) is 4.74 Å². The lowest BCUT2D eigenvalue weighted by Gasteiger charge is -2.10. The molecule has 82 valence electrons. The first kappa shape index (κ1) is 11.7. The molecule has 4 nitrogen and oxygen atoms in total. The molecule has 1 aromatic rings. The van der Waals surface area contributed by atoms with E-state index in [0.29, 0.717) is 0 Å². The largest absolute Gasteiger partial charge is 0.468 e. The highest BCUT2D eigenvalue weighted by molar-refractivity contribution is 7.92. The summed E-state index contributed by atoms with van der Waals surface area (Å²) >= 11 is 0. The minimum Gasteiger partial charge on any atom is -0.468 e. The summed E-state index contributed by atoms with van der Waals surface area (Å²) in [4.78, 5) is 11.3. The zero-order valence-electron chi connectivity index (χ0n) is 8.51. The zero-order valence-corrected chi connectivity index (χ0v) is 9.32. The average molecular weight is 228 g/mol. The van der Waals surface area contributed by atoms with E-state index in [1.54, 1.807) is 18.2 Å². The Morgan fingerprint density at radius 1 is 1.27 bits per heavy atom. The standard InChI is InChI=1S/C10H12O4S/c1-8(10(11)14-2)15(12,13)9-6-4-3-5-7-9/h3-8H,1-2H3/t8-/m0/s1. The summed E-state index contributed by atoms with van der Waals surface area (Å²) in [5, 5.41) is -1.18. The van der Waals surface area contributed by atoms with E-state index in [-0.39, 0.29) is 4.90 Å². The number of rotatable bonds is 3. The van der Waals surface area contributed by atoms with Gasteiger partial charge in [-0.2, -0.15) is 0 Å². The lowest BCUT2D eigenvalue weighted by atomic mass is 10.4. The minimum absolute atomic E-state index is 0.128. The van der Waals surface area contributed by atoms with Gasteiger partial charge in [0.05, 0.1) is 12.0 Å². The van der Waals surface area contributed by atoms with Crippen LogP contribution in [-0.2, 0) is 19.4 Å². The molecule has 0 N–H and O–H groups in total. The number of carbonyl (C=O) groups excluding carboxylic acids is 1. The molecule has 0 bridgehead atoms. The number of hydrogen-bond donors (Lipinski definition) is 0. The van der Waals surface area contributed by atoms with Crippen molar-refractivity contribution in [2.24, 2.45) is 0 Å². The molecule has 0 radical (unpaired) electrons. The molecule has 15 heavy (non-hydrogen) atoms. The van der Waals surface area contributed by atoms with Crippen LogP contribution in [0, 0.1) is 0 Å². The fraction of sp³-hybridized carbons (Fsp3) is 0.300. The number of esters is 1. The second-order valence-corrected chi connectivity index (χ2v) is 5.29. The quantitative estimate of drug-likeness (QED) is 0.725. The topological polar surface area (TPSA) is 60.4 Å². The normalized spacial score (nSPS) is 13.2. The summed E-state index contributed by atoms with van der Waals surface area (Å²) in [5.41, 5.74) is 0. The van der Waals surface area contributed by atoms with Gasteiger partial charge in [0.15, 0.2) is 15.1 Å². The molecule has 0 spiro atoms. The Labute approximate surface area is 88.8 Å². The van der Waals surface area contributed by atoms with Gasteiger partial charge in [-0.15, -0.1) is 0 Å². The Morgan fingerprint density at radius 2 is 1.80 bits per heavy atom. The third-order valence-corrected chi connectivity index (χ3v) is 4.12. The smallest absolute Gasteiger partial charge is 0.324 e. The lowest BCUT2D eigenvalue weighted by Crippen LogP contribution is -2.28. The van der Waals surface area contributed by atoms with Gasteiger partial charge in [0.1, 0.15) is 0 Å². The molecule has 1 rings (SSSR count). The molecule has 0 aliphatic heterocycles. The summed E-state index contributed by atoms with van der Waals surface area (Å²) in [6, 6.07) is 7.83. The minimum atomic E-state index is -3.62. The Morgan fingerprint density at radius 3 is 2.27 bits per heavy atom. The highest BCUT2D eigenvalue weighted by Gasteiger charge is 2.30. The number of ether oxygens (including phenoxy) is 1. The highest BCUT2D eigenvalue weighted by atomic mass is 32.2. The third kappa shape index (κ3) is 2.36. The first-order valence-corrected chi connectivity index (χ1v) is 5.91. The van der Waals surface area contributed by atoms with Crippen LogP contribution in [-0.4, -0.2) is 26.7 Å². The van der Waals surface area contributed by atoms with Crippen molar-refractivity contribution in [2.45, 2.75) is 17.1 Å². The van der Waals surface area contributed by atoms with E-state index in [0.717, 1.165) is 0 Å². The van der Waals surface area contributed by atoms with Crippen LogP contribution in [0.2, 0.25) is 0 Å².